The predicted octanol–water partition coefficient (Wildman–Crippen LogP) is 5.92. The minimum atomic E-state index is -0.494. The molecule has 176 valence electrons. The first-order valence-electron chi connectivity index (χ1n) is 11.2. The first-order chi connectivity index (χ1) is 17.0. The lowest BCUT2D eigenvalue weighted by Gasteiger charge is -2.37. The number of halogens is 2. The van der Waals surface area contributed by atoms with Gasteiger partial charge >= 0.3 is 0 Å². The molecule has 2 heterocycles. The quantitative estimate of drug-likeness (QED) is 0.340. The molecular weight excluding hydrogens is 466 g/mol. The number of aromatic nitrogens is 2. The molecule has 0 fully saturated rings. The minimum absolute atomic E-state index is 0.260. The smallest absolute Gasteiger partial charge is 0.258 e. The Hall–Kier alpha value is -3.91. The van der Waals surface area contributed by atoms with Gasteiger partial charge in [0.1, 0.15) is 11.6 Å². The van der Waals surface area contributed by atoms with Crippen molar-refractivity contribution >= 4 is 22.9 Å². The van der Waals surface area contributed by atoms with Gasteiger partial charge in [0.15, 0.2) is 5.11 Å². The molecule has 35 heavy (non-hydrogen) atoms. The normalized spacial score (nSPS) is 15.9. The van der Waals surface area contributed by atoms with Crippen molar-refractivity contribution < 1.29 is 13.3 Å². The van der Waals surface area contributed by atoms with Crippen LogP contribution in [0.2, 0.25) is 0 Å². The molecule has 0 spiro atoms. The van der Waals surface area contributed by atoms with Crippen molar-refractivity contribution in [2.75, 3.05) is 6.54 Å². The topological polar surface area (TPSA) is 54.2 Å². The van der Waals surface area contributed by atoms with Crippen molar-refractivity contribution in [3.63, 3.8) is 0 Å². The van der Waals surface area contributed by atoms with Gasteiger partial charge in [-0.1, -0.05) is 59.8 Å². The Morgan fingerprint density at radius 3 is 2.46 bits per heavy atom. The van der Waals surface area contributed by atoms with Crippen molar-refractivity contribution in [2.45, 2.75) is 19.4 Å². The maximum Gasteiger partial charge on any atom is 0.258 e. The fourth-order valence-corrected chi connectivity index (χ4v) is 4.57. The molecule has 8 heteroatoms. The molecule has 5 rings (SSSR count). The van der Waals surface area contributed by atoms with Crippen LogP contribution in [0.1, 0.15) is 30.0 Å². The molecule has 5 nitrogen and oxygen atoms in total. The Balaban J connectivity index is 1.56. The highest BCUT2D eigenvalue weighted by Gasteiger charge is 2.34. The number of nitrogens with one attached hydrogen (secondary N) is 1. The van der Waals surface area contributed by atoms with E-state index in [1.54, 1.807) is 18.2 Å². The molecule has 0 radical (unpaired) electrons. The van der Waals surface area contributed by atoms with Gasteiger partial charge in [-0.25, -0.2) is 8.78 Å². The van der Waals surface area contributed by atoms with Gasteiger partial charge in [0, 0.05) is 17.8 Å². The molecule has 1 N–H and O–H groups in total. The average molecular weight is 489 g/mol. The van der Waals surface area contributed by atoms with Crippen molar-refractivity contribution in [3.05, 3.63) is 113 Å². The van der Waals surface area contributed by atoms with Gasteiger partial charge in [-0.15, -0.1) is 0 Å². The first kappa shape index (κ1) is 22.9. The number of benzene rings is 3. The zero-order valence-corrected chi connectivity index (χ0v) is 19.7. The Kier molecular flexibility index (Phi) is 6.37. The largest absolute Gasteiger partial charge is 0.351 e. The lowest BCUT2D eigenvalue weighted by atomic mass is 9.94. The van der Waals surface area contributed by atoms with Crippen LogP contribution in [0.4, 0.5) is 8.78 Å². The van der Waals surface area contributed by atoms with Gasteiger partial charge in [0.05, 0.1) is 11.6 Å². The molecule has 0 saturated carbocycles. The third-order valence-corrected chi connectivity index (χ3v) is 6.32. The van der Waals surface area contributed by atoms with Gasteiger partial charge in [-0.3, -0.25) is 0 Å². The van der Waals surface area contributed by atoms with Gasteiger partial charge in [0.2, 0.25) is 5.82 Å². The molecule has 1 aromatic heterocycles. The van der Waals surface area contributed by atoms with E-state index in [-0.39, 0.29) is 17.5 Å². The van der Waals surface area contributed by atoms with Gasteiger partial charge < -0.3 is 14.7 Å². The van der Waals surface area contributed by atoms with E-state index >= 15 is 0 Å². The van der Waals surface area contributed by atoms with E-state index in [0.717, 1.165) is 12.1 Å². The Morgan fingerprint density at radius 1 is 0.971 bits per heavy atom. The molecule has 1 aliphatic rings. The molecule has 0 bridgehead atoms. The van der Waals surface area contributed by atoms with E-state index in [0.29, 0.717) is 28.4 Å². The molecule has 0 saturated heterocycles. The summed E-state index contributed by atoms with van der Waals surface area (Å²) in [5.74, 6) is -0.221. The third kappa shape index (κ3) is 4.83. The Labute approximate surface area is 207 Å². The van der Waals surface area contributed by atoms with Crippen LogP contribution in [-0.2, 0) is 6.42 Å². The molecule has 1 unspecified atom stereocenters. The van der Waals surface area contributed by atoms with E-state index in [1.807, 2.05) is 36.1 Å². The molecule has 1 atom stereocenters. The summed E-state index contributed by atoms with van der Waals surface area (Å²) in [6, 6.07) is 21.9. The van der Waals surface area contributed by atoms with Gasteiger partial charge in [-0.05, 0) is 61.0 Å². The maximum atomic E-state index is 14.1. The molecular formula is C27H22F2N4OS. The number of thiocarbonyl (C=S) groups is 1. The Morgan fingerprint density at radius 2 is 1.71 bits per heavy atom. The van der Waals surface area contributed by atoms with Crippen LogP contribution < -0.4 is 5.32 Å². The third-order valence-electron chi connectivity index (χ3n) is 5.98. The summed E-state index contributed by atoms with van der Waals surface area (Å²) in [7, 11) is 0. The van der Waals surface area contributed by atoms with E-state index in [1.165, 1.54) is 29.8 Å². The van der Waals surface area contributed by atoms with Crippen LogP contribution in [0.25, 0.3) is 17.0 Å². The zero-order valence-electron chi connectivity index (χ0n) is 18.9. The molecule has 4 aromatic rings. The van der Waals surface area contributed by atoms with Crippen molar-refractivity contribution in [2.24, 2.45) is 0 Å². The summed E-state index contributed by atoms with van der Waals surface area (Å²) in [6.45, 7) is 2.57. The minimum Gasteiger partial charge on any atom is -0.351 e. The summed E-state index contributed by atoms with van der Waals surface area (Å²) in [6.07, 6.45) is 0.774. The number of allylic oxidation sites excluding steroid dienone is 1. The van der Waals surface area contributed by atoms with E-state index < -0.39 is 11.9 Å². The summed E-state index contributed by atoms with van der Waals surface area (Å²) in [5, 5.41) is 7.94. The number of nitrogens with zero attached hydrogens (tertiary/aromatic N) is 3. The highest BCUT2D eigenvalue weighted by atomic mass is 32.1. The number of rotatable bonds is 6. The van der Waals surface area contributed by atoms with Crippen molar-refractivity contribution in [1.29, 1.82) is 0 Å². The van der Waals surface area contributed by atoms with Crippen molar-refractivity contribution in [1.82, 2.24) is 20.4 Å². The van der Waals surface area contributed by atoms with Crippen LogP contribution in [-0.4, -0.2) is 26.7 Å². The van der Waals surface area contributed by atoms with Crippen LogP contribution in [0, 0.1) is 11.6 Å². The first-order valence-corrected chi connectivity index (χ1v) is 11.6. The van der Waals surface area contributed by atoms with Crippen LogP contribution >= 0.6 is 12.2 Å². The second-order valence-corrected chi connectivity index (χ2v) is 8.64. The van der Waals surface area contributed by atoms with E-state index in [2.05, 4.69) is 27.6 Å². The molecule has 3 aromatic carbocycles. The number of hydrogen-bond acceptors (Lipinski definition) is 4. The highest BCUT2D eigenvalue weighted by Crippen LogP contribution is 2.37. The van der Waals surface area contributed by atoms with Crippen LogP contribution in [0.3, 0.4) is 0 Å². The second-order valence-electron chi connectivity index (χ2n) is 8.26. The van der Waals surface area contributed by atoms with Gasteiger partial charge in [0.25, 0.3) is 5.89 Å². The monoisotopic (exact) mass is 488 g/mol. The fraction of sp³-hybridized carbons (Fsp3) is 0.148. The maximum absolute atomic E-state index is 14.1. The van der Waals surface area contributed by atoms with Crippen LogP contribution in [0.15, 0.2) is 89.1 Å². The molecule has 1 aliphatic heterocycles. The second kappa shape index (κ2) is 9.76. The summed E-state index contributed by atoms with van der Waals surface area (Å²) in [4.78, 5) is 6.55. The summed E-state index contributed by atoms with van der Waals surface area (Å²) in [5.41, 5.74) is 3.87. The standard InChI is InChI=1S/C27H22F2N4OS/c1-17-23(26-31-25(32-34-26)20-10-6-12-22(29)16-20)24(19-9-5-11-21(28)15-19)30-27(35)33(17)14-13-18-7-3-2-4-8-18/h2-12,15-16,24H,13-14H2,1H3,(H,30,35). The SMILES string of the molecule is CC1=C(c2nc(-c3cccc(F)c3)no2)C(c2cccc(F)c2)NC(=S)N1CCc1ccccc1. The van der Waals surface area contributed by atoms with E-state index in [4.69, 9.17) is 16.7 Å². The highest BCUT2D eigenvalue weighted by molar-refractivity contribution is 7.80. The lowest BCUT2D eigenvalue weighted by molar-refractivity contribution is 0.397. The molecule has 0 aliphatic carbocycles. The average Bonchev–Trinajstić information content (AvgIpc) is 3.34. The van der Waals surface area contributed by atoms with Crippen LogP contribution in [0.5, 0.6) is 0 Å². The summed E-state index contributed by atoms with van der Waals surface area (Å²) >= 11 is 5.71. The predicted molar refractivity (Wildman–Crippen MR) is 134 cm³/mol. The fourth-order valence-electron chi connectivity index (χ4n) is 4.23. The Bertz CT molecular complexity index is 1400. The van der Waals surface area contributed by atoms with Gasteiger partial charge in [-0.2, -0.15) is 4.98 Å². The lowest BCUT2D eigenvalue weighted by Crippen LogP contribution is -2.46. The van der Waals surface area contributed by atoms with E-state index in [9.17, 15) is 8.78 Å². The number of hydrogen-bond donors (Lipinski definition) is 1. The zero-order chi connectivity index (χ0) is 24.4. The van der Waals surface area contributed by atoms with Crippen molar-refractivity contribution in [3.8, 4) is 11.4 Å². The molecule has 0 amide bonds. The summed E-state index contributed by atoms with van der Waals surface area (Å²) < 4.78 is 33.5.